The molecule has 0 aliphatic heterocycles. The van der Waals surface area contributed by atoms with Crippen LogP contribution in [0.4, 0.5) is 18.9 Å². The Kier molecular flexibility index (Phi) is 4.55. The molecular weight excluding hydrogens is 387 g/mol. The van der Waals surface area contributed by atoms with E-state index in [1.54, 1.807) is 48.5 Å². The number of hydrogen-bond donors (Lipinski definition) is 0. The largest absolute Gasteiger partial charge is 0.416 e. The second-order valence-electron chi connectivity index (χ2n) is 6.44. The highest BCUT2D eigenvalue weighted by atomic mass is 35.5. The average Bonchev–Trinajstić information content (AvgIpc) is 2.95. The van der Waals surface area contributed by atoms with Crippen LogP contribution >= 0.6 is 11.6 Å². The number of alkyl halides is 3. The highest BCUT2D eigenvalue weighted by Gasteiger charge is 2.38. The Morgan fingerprint density at radius 1 is 0.821 bits per heavy atom. The molecule has 0 radical (unpaired) electrons. The number of carbonyl (C=O) groups is 1. The SMILES string of the molecule is O=C1c2ccccc2C(=Nc2ccc(Cl)cc2)C1c1ccc(C(F)(F)F)cc1. The first-order valence-electron chi connectivity index (χ1n) is 8.49. The van der Waals surface area contributed by atoms with Gasteiger partial charge in [-0.15, -0.1) is 0 Å². The molecule has 0 heterocycles. The lowest BCUT2D eigenvalue weighted by atomic mass is 9.92. The molecule has 1 aliphatic carbocycles. The van der Waals surface area contributed by atoms with Gasteiger partial charge in [-0.2, -0.15) is 13.2 Å². The van der Waals surface area contributed by atoms with E-state index in [9.17, 15) is 18.0 Å². The van der Waals surface area contributed by atoms with Crippen molar-refractivity contribution < 1.29 is 18.0 Å². The molecule has 1 unspecified atom stereocenters. The van der Waals surface area contributed by atoms with Crippen LogP contribution in [0.1, 0.15) is 33.0 Å². The Morgan fingerprint density at radius 2 is 1.43 bits per heavy atom. The zero-order valence-electron chi connectivity index (χ0n) is 14.4. The lowest BCUT2D eigenvalue weighted by Crippen LogP contribution is -2.14. The van der Waals surface area contributed by atoms with Crippen LogP contribution in [0.2, 0.25) is 5.02 Å². The number of nitrogens with zero attached hydrogens (tertiary/aromatic N) is 1. The summed E-state index contributed by atoms with van der Waals surface area (Å²) in [6, 6.07) is 18.6. The van der Waals surface area contributed by atoms with Crippen LogP contribution in [0, 0.1) is 0 Å². The number of rotatable bonds is 2. The molecule has 28 heavy (non-hydrogen) atoms. The van der Waals surface area contributed by atoms with Crippen LogP contribution in [0.3, 0.4) is 0 Å². The maximum Gasteiger partial charge on any atom is 0.416 e. The Labute approximate surface area is 164 Å². The molecule has 0 N–H and O–H groups in total. The summed E-state index contributed by atoms with van der Waals surface area (Å²) in [4.78, 5) is 17.6. The first-order chi connectivity index (χ1) is 13.3. The lowest BCUT2D eigenvalue weighted by molar-refractivity contribution is -0.137. The van der Waals surface area contributed by atoms with E-state index in [0.717, 1.165) is 12.1 Å². The molecule has 1 atom stereocenters. The molecule has 0 aromatic heterocycles. The number of halogens is 4. The van der Waals surface area contributed by atoms with E-state index in [4.69, 9.17) is 11.6 Å². The summed E-state index contributed by atoms with van der Waals surface area (Å²) in [6.07, 6.45) is -4.43. The van der Waals surface area contributed by atoms with Gasteiger partial charge in [-0.3, -0.25) is 9.79 Å². The molecular formula is C22H13ClF3NO. The third kappa shape index (κ3) is 3.34. The van der Waals surface area contributed by atoms with E-state index in [0.29, 0.717) is 33.1 Å². The average molecular weight is 400 g/mol. The maximum absolute atomic E-state index is 13.0. The van der Waals surface area contributed by atoms with Crippen molar-refractivity contribution in [2.75, 3.05) is 0 Å². The number of benzene rings is 3. The number of Topliss-reactive ketones (excluding diaryl/α,β-unsaturated/α-hetero) is 1. The van der Waals surface area contributed by atoms with Gasteiger partial charge in [0, 0.05) is 16.1 Å². The number of hydrogen-bond acceptors (Lipinski definition) is 2. The Balaban J connectivity index is 1.83. The molecule has 0 fully saturated rings. The van der Waals surface area contributed by atoms with Crippen LogP contribution in [0.5, 0.6) is 0 Å². The van der Waals surface area contributed by atoms with Crippen LogP contribution in [0.25, 0.3) is 0 Å². The van der Waals surface area contributed by atoms with Gasteiger partial charge >= 0.3 is 6.18 Å². The van der Waals surface area contributed by atoms with Gasteiger partial charge in [0.2, 0.25) is 0 Å². The summed E-state index contributed by atoms with van der Waals surface area (Å²) in [7, 11) is 0. The van der Waals surface area contributed by atoms with E-state index in [-0.39, 0.29) is 5.78 Å². The smallest absolute Gasteiger partial charge is 0.293 e. The van der Waals surface area contributed by atoms with Gasteiger partial charge in [0.05, 0.1) is 22.9 Å². The quantitative estimate of drug-likeness (QED) is 0.486. The summed E-state index contributed by atoms with van der Waals surface area (Å²) in [5.41, 5.74) is 2.05. The Bertz CT molecular complexity index is 1070. The molecule has 140 valence electrons. The number of fused-ring (bicyclic) bond motifs is 1. The van der Waals surface area contributed by atoms with Crippen molar-refractivity contribution in [3.05, 3.63) is 100 Å². The normalized spacial score (nSPS) is 17.8. The molecule has 3 aromatic rings. The fourth-order valence-corrected chi connectivity index (χ4v) is 3.44. The molecule has 3 aromatic carbocycles. The van der Waals surface area contributed by atoms with Gasteiger partial charge in [-0.1, -0.05) is 48.0 Å². The molecule has 2 nitrogen and oxygen atoms in total. The third-order valence-corrected chi connectivity index (χ3v) is 4.90. The second kappa shape index (κ2) is 6.91. The Morgan fingerprint density at radius 3 is 2.04 bits per heavy atom. The summed E-state index contributed by atoms with van der Waals surface area (Å²) < 4.78 is 38.7. The highest BCUT2D eigenvalue weighted by molar-refractivity contribution is 6.32. The summed E-state index contributed by atoms with van der Waals surface area (Å²) in [6.45, 7) is 0. The topological polar surface area (TPSA) is 29.4 Å². The molecule has 0 bridgehead atoms. The molecule has 0 saturated heterocycles. The zero-order valence-corrected chi connectivity index (χ0v) is 15.1. The second-order valence-corrected chi connectivity index (χ2v) is 6.87. The minimum absolute atomic E-state index is 0.178. The van der Waals surface area contributed by atoms with Gasteiger partial charge in [0.25, 0.3) is 0 Å². The molecule has 1 aliphatic rings. The van der Waals surface area contributed by atoms with Gasteiger partial charge in [0.15, 0.2) is 5.78 Å². The van der Waals surface area contributed by atoms with Gasteiger partial charge in [0.1, 0.15) is 0 Å². The van der Waals surface area contributed by atoms with Gasteiger partial charge in [-0.05, 0) is 42.0 Å². The van der Waals surface area contributed by atoms with Crippen molar-refractivity contribution in [1.29, 1.82) is 0 Å². The minimum Gasteiger partial charge on any atom is -0.293 e. The predicted molar refractivity (Wildman–Crippen MR) is 103 cm³/mol. The Hall–Kier alpha value is -2.92. The monoisotopic (exact) mass is 399 g/mol. The van der Waals surface area contributed by atoms with Crippen molar-refractivity contribution >= 4 is 28.8 Å². The zero-order chi connectivity index (χ0) is 19.9. The highest BCUT2D eigenvalue weighted by Crippen LogP contribution is 2.37. The van der Waals surface area contributed by atoms with Gasteiger partial charge < -0.3 is 0 Å². The van der Waals surface area contributed by atoms with E-state index in [1.807, 2.05) is 0 Å². The van der Waals surface area contributed by atoms with Crippen molar-refractivity contribution in [3.8, 4) is 0 Å². The van der Waals surface area contributed by atoms with E-state index < -0.39 is 17.7 Å². The summed E-state index contributed by atoms with van der Waals surface area (Å²) in [5, 5.41) is 0.561. The molecule has 0 spiro atoms. The minimum atomic E-state index is -4.43. The van der Waals surface area contributed by atoms with Crippen LogP contribution < -0.4 is 0 Å². The number of ketones is 1. The van der Waals surface area contributed by atoms with Crippen molar-refractivity contribution in [1.82, 2.24) is 0 Å². The standard InChI is InChI=1S/C22H13ClF3NO/c23-15-9-11-16(12-10-15)27-20-17-3-1-2-4-18(17)21(28)19(20)13-5-7-14(8-6-13)22(24,25)26/h1-12,19H. The molecule has 0 amide bonds. The molecule has 6 heteroatoms. The summed E-state index contributed by atoms with van der Waals surface area (Å²) >= 11 is 5.91. The molecule has 0 saturated carbocycles. The summed E-state index contributed by atoms with van der Waals surface area (Å²) in [5.74, 6) is -0.932. The lowest BCUT2D eigenvalue weighted by Gasteiger charge is -2.13. The fourth-order valence-electron chi connectivity index (χ4n) is 3.31. The van der Waals surface area contributed by atoms with Crippen molar-refractivity contribution in [2.24, 2.45) is 4.99 Å². The van der Waals surface area contributed by atoms with Crippen molar-refractivity contribution in [2.45, 2.75) is 12.1 Å². The van der Waals surface area contributed by atoms with Crippen LogP contribution in [0.15, 0.2) is 77.8 Å². The van der Waals surface area contributed by atoms with E-state index >= 15 is 0 Å². The first kappa shape index (κ1) is 18.4. The first-order valence-corrected chi connectivity index (χ1v) is 8.87. The van der Waals surface area contributed by atoms with Crippen molar-refractivity contribution in [3.63, 3.8) is 0 Å². The fraction of sp³-hybridized carbons (Fsp3) is 0.0909. The maximum atomic E-state index is 13.0. The van der Waals surface area contributed by atoms with Gasteiger partial charge in [-0.25, -0.2) is 0 Å². The van der Waals surface area contributed by atoms with E-state index in [1.165, 1.54) is 12.1 Å². The number of carbonyl (C=O) groups excluding carboxylic acids is 1. The van der Waals surface area contributed by atoms with E-state index in [2.05, 4.69) is 4.99 Å². The molecule has 4 rings (SSSR count). The predicted octanol–water partition coefficient (Wildman–Crippen LogP) is 6.46. The van der Waals surface area contributed by atoms with Crippen LogP contribution in [-0.4, -0.2) is 11.5 Å². The van der Waals surface area contributed by atoms with Crippen LogP contribution in [-0.2, 0) is 6.18 Å². The third-order valence-electron chi connectivity index (χ3n) is 4.65. The number of aliphatic imine (C=N–C) groups is 1.